The summed E-state index contributed by atoms with van der Waals surface area (Å²) >= 11 is 0. The van der Waals surface area contributed by atoms with E-state index in [-0.39, 0.29) is 11.9 Å². The number of rotatable bonds is 4. The third kappa shape index (κ3) is 2.56. The highest BCUT2D eigenvalue weighted by molar-refractivity contribution is 6.03. The molecule has 1 saturated carbocycles. The number of benzene rings is 1. The molecule has 3 aromatic rings. The van der Waals surface area contributed by atoms with Gasteiger partial charge >= 0.3 is 6.03 Å². The lowest BCUT2D eigenvalue weighted by Gasteiger charge is -2.16. The summed E-state index contributed by atoms with van der Waals surface area (Å²) in [6.07, 6.45) is 4.24. The smallest absolute Gasteiger partial charge is 0.315 e. The van der Waals surface area contributed by atoms with E-state index >= 15 is 0 Å². The summed E-state index contributed by atoms with van der Waals surface area (Å²) in [7, 11) is 3.16. The van der Waals surface area contributed by atoms with Crippen LogP contribution in [-0.4, -0.2) is 61.6 Å². The minimum atomic E-state index is -0.574. The summed E-state index contributed by atoms with van der Waals surface area (Å²) in [4.78, 5) is 36.6. The normalized spacial score (nSPS) is 19.9. The standard InChI is InChI=1S/C20H20N6O2/c1-24-15(19(27)25(2)20(24)28)11-16-22-18(13-8-9-13)23-26(16)14-7-3-5-12-6-4-10-21-17(12)14/h3-7,10,13,15H,8-9,11H2,1-2H3/t15-/m1/s1. The van der Waals surface area contributed by atoms with E-state index in [2.05, 4.69) is 4.98 Å². The third-order valence-electron chi connectivity index (χ3n) is 5.52. The molecule has 0 spiro atoms. The highest BCUT2D eigenvalue weighted by Crippen LogP contribution is 2.38. The second-order valence-electron chi connectivity index (χ2n) is 7.44. The Morgan fingerprint density at radius 3 is 2.61 bits per heavy atom. The molecular formula is C20H20N6O2. The van der Waals surface area contributed by atoms with E-state index in [4.69, 9.17) is 10.1 Å². The van der Waals surface area contributed by atoms with Gasteiger partial charge in [0.2, 0.25) is 0 Å². The second-order valence-corrected chi connectivity index (χ2v) is 7.44. The Labute approximate surface area is 161 Å². The van der Waals surface area contributed by atoms with Crippen LogP contribution in [-0.2, 0) is 11.2 Å². The van der Waals surface area contributed by atoms with Gasteiger partial charge in [0.1, 0.15) is 11.9 Å². The molecule has 0 radical (unpaired) electrons. The molecule has 28 heavy (non-hydrogen) atoms. The lowest BCUT2D eigenvalue weighted by atomic mass is 10.1. The van der Waals surface area contributed by atoms with Crippen molar-refractivity contribution in [2.24, 2.45) is 0 Å². The van der Waals surface area contributed by atoms with E-state index in [9.17, 15) is 9.59 Å². The van der Waals surface area contributed by atoms with Gasteiger partial charge in [0.25, 0.3) is 5.91 Å². The zero-order valence-electron chi connectivity index (χ0n) is 15.7. The number of amides is 3. The van der Waals surface area contributed by atoms with Crippen LogP contribution in [0.25, 0.3) is 16.6 Å². The monoisotopic (exact) mass is 376 g/mol. The number of hydrogen-bond acceptors (Lipinski definition) is 5. The number of imide groups is 1. The maximum Gasteiger partial charge on any atom is 0.326 e. The summed E-state index contributed by atoms with van der Waals surface area (Å²) in [5.74, 6) is 1.64. The molecule has 0 unspecified atom stereocenters. The second kappa shape index (κ2) is 6.12. The molecule has 8 nitrogen and oxygen atoms in total. The Morgan fingerprint density at radius 1 is 1.11 bits per heavy atom. The molecule has 142 valence electrons. The fraction of sp³-hybridized carbons (Fsp3) is 0.350. The molecule has 1 aromatic carbocycles. The van der Waals surface area contributed by atoms with E-state index in [0.29, 0.717) is 18.2 Å². The SMILES string of the molecule is CN1C(=O)[C@@H](Cc2nc(C3CC3)nn2-c2cccc3cccnc23)N(C)C1=O. The first-order valence-corrected chi connectivity index (χ1v) is 9.39. The molecule has 1 atom stereocenters. The molecule has 1 aliphatic heterocycles. The Hall–Kier alpha value is -3.29. The van der Waals surface area contributed by atoms with Crippen LogP contribution in [0.3, 0.4) is 0 Å². The van der Waals surface area contributed by atoms with Crippen molar-refractivity contribution in [3.05, 3.63) is 48.2 Å². The van der Waals surface area contributed by atoms with Crippen molar-refractivity contribution < 1.29 is 9.59 Å². The van der Waals surface area contributed by atoms with Crippen molar-refractivity contribution in [3.8, 4) is 5.69 Å². The first-order valence-electron chi connectivity index (χ1n) is 9.39. The number of carbonyl (C=O) groups excluding carboxylic acids is 2. The fourth-order valence-electron chi connectivity index (χ4n) is 3.71. The Bertz CT molecular complexity index is 1100. The van der Waals surface area contributed by atoms with Gasteiger partial charge in [0, 0.05) is 38.0 Å². The molecule has 2 aliphatic rings. The topological polar surface area (TPSA) is 84.2 Å². The summed E-state index contributed by atoms with van der Waals surface area (Å²) in [5.41, 5.74) is 1.66. The van der Waals surface area contributed by atoms with Gasteiger partial charge in [-0.25, -0.2) is 14.5 Å². The summed E-state index contributed by atoms with van der Waals surface area (Å²) in [6, 6.07) is 8.97. The van der Waals surface area contributed by atoms with E-state index in [0.717, 1.165) is 40.2 Å². The van der Waals surface area contributed by atoms with Gasteiger partial charge in [-0.1, -0.05) is 18.2 Å². The van der Waals surface area contributed by atoms with E-state index in [1.165, 1.54) is 11.9 Å². The van der Waals surface area contributed by atoms with Crippen molar-refractivity contribution in [3.63, 3.8) is 0 Å². The van der Waals surface area contributed by atoms with E-state index in [1.807, 2.05) is 30.3 Å². The average molecular weight is 376 g/mol. The van der Waals surface area contributed by atoms with Crippen molar-refractivity contribution >= 4 is 22.8 Å². The Balaban J connectivity index is 1.61. The molecule has 8 heteroatoms. The van der Waals surface area contributed by atoms with Gasteiger partial charge < -0.3 is 4.90 Å². The quantitative estimate of drug-likeness (QED) is 0.651. The maximum absolute atomic E-state index is 12.5. The molecular weight excluding hydrogens is 356 g/mol. The van der Waals surface area contributed by atoms with Crippen molar-refractivity contribution in [2.45, 2.75) is 31.2 Å². The molecule has 1 aliphatic carbocycles. The number of aromatic nitrogens is 4. The average Bonchev–Trinajstić information content (AvgIpc) is 3.46. The van der Waals surface area contributed by atoms with E-state index in [1.54, 1.807) is 17.9 Å². The largest absolute Gasteiger partial charge is 0.326 e. The number of hydrogen-bond donors (Lipinski definition) is 0. The molecule has 2 fully saturated rings. The van der Waals surface area contributed by atoms with Crippen LogP contribution < -0.4 is 0 Å². The summed E-state index contributed by atoms with van der Waals surface area (Å²) < 4.78 is 1.80. The highest BCUT2D eigenvalue weighted by Gasteiger charge is 2.42. The number of carbonyl (C=O) groups is 2. The minimum absolute atomic E-state index is 0.217. The molecule has 2 aromatic heterocycles. The number of likely N-dealkylation sites (N-methyl/N-ethyl adjacent to an activating group) is 2. The zero-order chi connectivity index (χ0) is 19.4. The lowest BCUT2D eigenvalue weighted by Crippen LogP contribution is -2.34. The third-order valence-corrected chi connectivity index (χ3v) is 5.52. The maximum atomic E-state index is 12.5. The van der Waals surface area contributed by atoms with Crippen LogP contribution >= 0.6 is 0 Å². The number of urea groups is 1. The Morgan fingerprint density at radius 2 is 1.89 bits per heavy atom. The number of fused-ring (bicyclic) bond motifs is 1. The lowest BCUT2D eigenvalue weighted by molar-refractivity contribution is -0.127. The molecule has 1 saturated heterocycles. The van der Waals surface area contributed by atoms with Gasteiger partial charge in [-0.05, 0) is 25.0 Å². The van der Waals surface area contributed by atoms with Crippen LogP contribution in [0.2, 0.25) is 0 Å². The van der Waals surface area contributed by atoms with Gasteiger partial charge in [-0.15, -0.1) is 0 Å². The molecule has 3 heterocycles. The fourth-order valence-corrected chi connectivity index (χ4v) is 3.71. The van der Waals surface area contributed by atoms with Gasteiger partial charge in [0.15, 0.2) is 5.82 Å². The molecule has 5 rings (SSSR count). The van der Waals surface area contributed by atoms with Crippen LogP contribution in [0.5, 0.6) is 0 Å². The minimum Gasteiger partial charge on any atom is -0.315 e. The predicted octanol–water partition coefficient (Wildman–Crippen LogP) is 2.13. The Kier molecular flexibility index (Phi) is 3.68. The van der Waals surface area contributed by atoms with Crippen molar-refractivity contribution in [2.75, 3.05) is 14.1 Å². The molecule has 0 N–H and O–H groups in total. The summed E-state index contributed by atoms with van der Waals surface area (Å²) in [6.45, 7) is 0. The summed E-state index contributed by atoms with van der Waals surface area (Å²) in [5, 5.41) is 5.77. The molecule has 0 bridgehead atoms. The number of pyridine rings is 1. The first-order chi connectivity index (χ1) is 13.5. The molecule has 3 amide bonds. The highest BCUT2D eigenvalue weighted by atomic mass is 16.2. The van der Waals surface area contributed by atoms with Gasteiger partial charge in [-0.2, -0.15) is 5.10 Å². The predicted molar refractivity (Wildman–Crippen MR) is 102 cm³/mol. The van der Waals surface area contributed by atoms with Crippen LogP contribution in [0.1, 0.15) is 30.4 Å². The zero-order valence-corrected chi connectivity index (χ0v) is 15.7. The van der Waals surface area contributed by atoms with Crippen molar-refractivity contribution in [1.29, 1.82) is 0 Å². The first kappa shape index (κ1) is 16.9. The van der Waals surface area contributed by atoms with Crippen LogP contribution in [0, 0.1) is 0 Å². The van der Waals surface area contributed by atoms with E-state index < -0.39 is 6.04 Å². The van der Waals surface area contributed by atoms with Crippen LogP contribution in [0.15, 0.2) is 36.5 Å². The van der Waals surface area contributed by atoms with Crippen molar-refractivity contribution in [1.82, 2.24) is 29.5 Å². The number of para-hydroxylation sites is 1. The van der Waals surface area contributed by atoms with Gasteiger partial charge in [0.05, 0.1) is 11.2 Å². The van der Waals surface area contributed by atoms with Gasteiger partial charge in [-0.3, -0.25) is 14.7 Å². The number of nitrogens with zero attached hydrogens (tertiary/aromatic N) is 6. The van der Waals surface area contributed by atoms with Crippen LogP contribution in [0.4, 0.5) is 4.79 Å².